The van der Waals surface area contributed by atoms with Gasteiger partial charge in [-0.2, -0.15) is 0 Å². The van der Waals surface area contributed by atoms with E-state index in [2.05, 4.69) is 12.2 Å². The Kier molecular flexibility index (Phi) is 3.29. The van der Waals surface area contributed by atoms with Crippen LogP contribution in [0.25, 0.3) is 0 Å². The Bertz CT molecular complexity index is 189. The van der Waals surface area contributed by atoms with Crippen LogP contribution in [0, 0.1) is 5.92 Å². The van der Waals surface area contributed by atoms with Crippen LogP contribution in [0.3, 0.4) is 0 Å². The minimum Gasteiger partial charge on any atom is -0.480 e. The fourth-order valence-electron chi connectivity index (χ4n) is 1.51. The van der Waals surface area contributed by atoms with E-state index in [0.717, 1.165) is 19.3 Å². The Balaban J connectivity index is 2.34. The van der Waals surface area contributed by atoms with Gasteiger partial charge in [-0.25, -0.2) is 0 Å². The van der Waals surface area contributed by atoms with Crippen LogP contribution in [-0.4, -0.2) is 17.1 Å². The lowest BCUT2D eigenvalue weighted by Crippen LogP contribution is -2.32. The zero-order chi connectivity index (χ0) is 8.97. The van der Waals surface area contributed by atoms with E-state index in [-0.39, 0.29) is 0 Å². The normalized spacial score (nSPS) is 25.2. The van der Waals surface area contributed by atoms with Crippen LogP contribution in [0.2, 0.25) is 0 Å². The maximum absolute atomic E-state index is 10.4. The Morgan fingerprint density at radius 1 is 1.75 bits per heavy atom. The maximum atomic E-state index is 10.4. The van der Waals surface area contributed by atoms with Gasteiger partial charge in [-0.1, -0.05) is 12.2 Å². The lowest BCUT2D eigenvalue weighted by Gasteiger charge is -2.17. The summed E-state index contributed by atoms with van der Waals surface area (Å²) < 4.78 is 0. The van der Waals surface area contributed by atoms with E-state index in [1.165, 1.54) is 0 Å². The molecule has 3 N–H and O–H groups in total. The first-order valence-electron chi connectivity index (χ1n) is 4.35. The van der Waals surface area contributed by atoms with Crippen molar-refractivity contribution in [2.75, 3.05) is 0 Å². The summed E-state index contributed by atoms with van der Waals surface area (Å²) in [7, 11) is 0. The summed E-state index contributed by atoms with van der Waals surface area (Å²) >= 11 is 0. The highest BCUT2D eigenvalue weighted by Crippen LogP contribution is 2.20. The summed E-state index contributed by atoms with van der Waals surface area (Å²) in [5.74, 6) is -0.515. The van der Waals surface area contributed by atoms with Crippen molar-refractivity contribution in [3.63, 3.8) is 0 Å². The maximum Gasteiger partial charge on any atom is 0.320 e. The largest absolute Gasteiger partial charge is 0.480 e. The van der Waals surface area contributed by atoms with Gasteiger partial charge in [0, 0.05) is 0 Å². The van der Waals surface area contributed by atoms with E-state index in [9.17, 15) is 4.79 Å². The molecule has 1 aliphatic carbocycles. The van der Waals surface area contributed by atoms with Gasteiger partial charge in [0.1, 0.15) is 6.04 Å². The highest BCUT2D eigenvalue weighted by atomic mass is 16.4. The Labute approximate surface area is 72.3 Å². The number of allylic oxidation sites excluding steroid dienone is 2. The average Bonchev–Trinajstić information content (AvgIpc) is 2.06. The van der Waals surface area contributed by atoms with E-state index < -0.39 is 12.0 Å². The highest BCUT2D eigenvalue weighted by molar-refractivity contribution is 5.73. The van der Waals surface area contributed by atoms with Crippen LogP contribution < -0.4 is 5.73 Å². The molecule has 1 aliphatic rings. The zero-order valence-electron chi connectivity index (χ0n) is 7.07. The SMILES string of the molecule is NC(CC1C=CCCC1)C(=O)O. The number of carbonyl (C=O) groups is 1. The number of rotatable bonds is 3. The molecule has 0 bridgehead atoms. The molecule has 0 aromatic carbocycles. The number of hydrogen-bond donors (Lipinski definition) is 2. The second-order valence-corrected chi connectivity index (χ2v) is 3.30. The molecule has 0 fully saturated rings. The predicted octanol–water partition coefficient (Wildman–Crippen LogP) is 1.14. The first-order chi connectivity index (χ1) is 5.70. The molecule has 1 rings (SSSR count). The van der Waals surface area contributed by atoms with E-state index in [0.29, 0.717) is 12.3 Å². The molecular weight excluding hydrogens is 154 g/mol. The number of nitrogens with two attached hydrogens (primary N) is 1. The van der Waals surface area contributed by atoms with Crippen molar-refractivity contribution in [2.24, 2.45) is 11.7 Å². The molecule has 0 saturated heterocycles. The number of carboxylic acid groups (broad SMARTS) is 1. The van der Waals surface area contributed by atoms with Crippen LogP contribution in [0.15, 0.2) is 12.2 Å². The van der Waals surface area contributed by atoms with Gasteiger partial charge in [-0.3, -0.25) is 4.79 Å². The molecule has 2 unspecified atom stereocenters. The molecular formula is C9H15NO2. The number of hydrogen-bond acceptors (Lipinski definition) is 2. The zero-order valence-corrected chi connectivity index (χ0v) is 7.07. The second kappa shape index (κ2) is 4.26. The third kappa shape index (κ3) is 2.66. The van der Waals surface area contributed by atoms with E-state index in [4.69, 9.17) is 10.8 Å². The summed E-state index contributed by atoms with van der Waals surface area (Å²) in [4.78, 5) is 10.4. The molecule has 3 heteroatoms. The van der Waals surface area contributed by atoms with Crippen molar-refractivity contribution in [2.45, 2.75) is 31.7 Å². The number of aliphatic carboxylic acids is 1. The number of carboxylic acids is 1. The van der Waals surface area contributed by atoms with Crippen molar-refractivity contribution >= 4 is 5.97 Å². The molecule has 0 saturated carbocycles. The van der Waals surface area contributed by atoms with Crippen molar-refractivity contribution in [1.82, 2.24) is 0 Å². The Morgan fingerprint density at radius 3 is 3.00 bits per heavy atom. The van der Waals surface area contributed by atoms with Crippen molar-refractivity contribution in [3.05, 3.63) is 12.2 Å². The van der Waals surface area contributed by atoms with Crippen LogP contribution in [0.5, 0.6) is 0 Å². The quantitative estimate of drug-likeness (QED) is 0.623. The minimum absolute atomic E-state index is 0.379. The van der Waals surface area contributed by atoms with Crippen LogP contribution in [0.4, 0.5) is 0 Å². The van der Waals surface area contributed by atoms with Gasteiger partial charge in [-0.15, -0.1) is 0 Å². The summed E-state index contributed by atoms with van der Waals surface area (Å²) in [5.41, 5.74) is 5.41. The van der Waals surface area contributed by atoms with E-state index in [1.807, 2.05) is 0 Å². The lowest BCUT2D eigenvalue weighted by atomic mass is 9.90. The third-order valence-corrected chi connectivity index (χ3v) is 2.23. The van der Waals surface area contributed by atoms with Crippen LogP contribution in [0.1, 0.15) is 25.7 Å². The topological polar surface area (TPSA) is 63.3 Å². The standard InChI is InChI=1S/C9H15NO2/c10-8(9(11)12)6-7-4-2-1-3-5-7/h2,4,7-8H,1,3,5-6,10H2,(H,11,12). The molecule has 0 radical (unpaired) electrons. The van der Waals surface area contributed by atoms with Gasteiger partial charge < -0.3 is 10.8 Å². The molecule has 0 aromatic heterocycles. The van der Waals surface area contributed by atoms with Crippen LogP contribution in [-0.2, 0) is 4.79 Å². The Morgan fingerprint density at radius 2 is 2.50 bits per heavy atom. The molecule has 0 aromatic rings. The fourth-order valence-corrected chi connectivity index (χ4v) is 1.51. The van der Waals surface area contributed by atoms with Crippen molar-refractivity contribution < 1.29 is 9.90 Å². The Hall–Kier alpha value is -0.830. The molecule has 68 valence electrons. The van der Waals surface area contributed by atoms with E-state index >= 15 is 0 Å². The summed E-state index contributed by atoms with van der Waals surface area (Å²) in [6, 6.07) is -0.697. The molecule has 0 heterocycles. The summed E-state index contributed by atoms with van der Waals surface area (Å²) in [6.45, 7) is 0. The molecule has 0 aliphatic heterocycles. The monoisotopic (exact) mass is 169 g/mol. The van der Waals surface area contributed by atoms with Crippen molar-refractivity contribution in [1.29, 1.82) is 0 Å². The second-order valence-electron chi connectivity index (χ2n) is 3.30. The average molecular weight is 169 g/mol. The smallest absolute Gasteiger partial charge is 0.320 e. The van der Waals surface area contributed by atoms with Gasteiger partial charge in [0.05, 0.1) is 0 Å². The predicted molar refractivity (Wildman–Crippen MR) is 46.7 cm³/mol. The van der Waals surface area contributed by atoms with Gasteiger partial charge >= 0.3 is 5.97 Å². The molecule has 0 amide bonds. The van der Waals surface area contributed by atoms with Gasteiger partial charge in [-0.05, 0) is 31.6 Å². The van der Waals surface area contributed by atoms with Crippen LogP contribution >= 0.6 is 0 Å². The van der Waals surface area contributed by atoms with Gasteiger partial charge in [0.25, 0.3) is 0 Å². The molecule has 0 spiro atoms. The summed E-state index contributed by atoms with van der Waals surface area (Å²) in [6.07, 6.45) is 8.14. The molecule has 12 heavy (non-hydrogen) atoms. The first-order valence-corrected chi connectivity index (χ1v) is 4.35. The first kappa shape index (κ1) is 9.26. The highest BCUT2D eigenvalue weighted by Gasteiger charge is 2.17. The lowest BCUT2D eigenvalue weighted by molar-refractivity contribution is -0.138. The third-order valence-electron chi connectivity index (χ3n) is 2.23. The van der Waals surface area contributed by atoms with Crippen molar-refractivity contribution in [3.8, 4) is 0 Å². The van der Waals surface area contributed by atoms with Gasteiger partial charge in [0.2, 0.25) is 0 Å². The summed E-state index contributed by atoms with van der Waals surface area (Å²) in [5, 5.41) is 8.56. The molecule has 3 nitrogen and oxygen atoms in total. The van der Waals surface area contributed by atoms with E-state index in [1.54, 1.807) is 0 Å². The molecule has 2 atom stereocenters. The fraction of sp³-hybridized carbons (Fsp3) is 0.667. The minimum atomic E-state index is -0.894. The van der Waals surface area contributed by atoms with Gasteiger partial charge in [0.15, 0.2) is 0 Å².